The van der Waals surface area contributed by atoms with Gasteiger partial charge in [-0.3, -0.25) is 9.78 Å². The van der Waals surface area contributed by atoms with Crippen LogP contribution in [0.5, 0.6) is 0 Å². The third-order valence-corrected chi connectivity index (χ3v) is 5.29. The second-order valence-electron chi connectivity index (χ2n) is 7.13. The van der Waals surface area contributed by atoms with Crippen molar-refractivity contribution in [1.82, 2.24) is 14.8 Å². The molecule has 0 bridgehead atoms. The van der Waals surface area contributed by atoms with Gasteiger partial charge in [0.1, 0.15) is 0 Å². The van der Waals surface area contributed by atoms with Crippen molar-refractivity contribution in [3.63, 3.8) is 0 Å². The Kier molecular flexibility index (Phi) is 5.65. The van der Waals surface area contributed by atoms with Gasteiger partial charge in [-0.05, 0) is 75.7 Å². The fourth-order valence-corrected chi connectivity index (χ4v) is 3.87. The van der Waals surface area contributed by atoms with Crippen LogP contribution in [0.2, 0.25) is 0 Å². The standard InChI is InChI=1S/C19H29N3O/c1-16-14-18(4-8-20-16)15-17-5-12-22(13-6-17)19(23)7-11-21-9-2-3-10-21/h4,8,14,17H,2-3,5-7,9-13,15H2,1H3. The van der Waals surface area contributed by atoms with Crippen molar-refractivity contribution in [2.45, 2.75) is 45.4 Å². The van der Waals surface area contributed by atoms with Gasteiger partial charge >= 0.3 is 0 Å². The first-order valence-corrected chi connectivity index (χ1v) is 9.12. The second-order valence-corrected chi connectivity index (χ2v) is 7.13. The maximum atomic E-state index is 12.4. The number of amides is 1. The zero-order valence-electron chi connectivity index (χ0n) is 14.3. The fraction of sp³-hybridized carbons (Fsp3) is 0.684. The first-order valence-electron chi connectivity index (χ1n) is 9.12. The number of aromatic nitrogens is 1. The van der Waals surface area contributed by atoms with E-state index in [1.165, 1.54) is 31.5 Å². The lowest BCUT2D eigenvalue weighted by atomic mass is 9.90. The number of hydrogen-bond donors (Lipinski definition) is 0. The highest BCUT2D eigenvalue weighted by molar-refractivity contribution is 5.76. The number of nitrogens with zero attached hydrogens (tertiary/aromatic N) is 3. The van der Waals surface area contributed by atoms with Gasteiger partial charge in [0.15, 0.2) is 0 Å². The molecule has 0 radical (unpaired) electrons. The number of hydrogen-bond acceptors (Lipinski definition) is 3. The zero-order valence-corrected chi connectivity index (χ0v) is 14.3. The molecule has 1 aromatic heterocycles. The molecule has 0 atom stereocenters. The lowest BCUT2D eigenvalue weighted by Crippen LogP contribution is -2.40. The molecule has 4 heteroatoms. The molecule has 4 nitrogen and oxygen atoms in total. The third kappa shape index (κ3) is 4.77. The van der Waals surface area contributed by atoms with Gasteiger partial charge in [-0.25, -0.2) is 0 Å². The largest absolute Gasteiger partial charge is 0.343 e. The second kappa shape index (κ2) is 7.91. The Balaban J connectivity index is 1.40. The smallest absolute Gasteiger partial charge is 0.223 e. The molecule has 1 amide bonds. The maximum absolute atomic E-state index is 12.4. The molecular weight excluding hydrogens is 286 g/mol. The third-order valence-electron chi connectivity index (χ3n) is 5.29. The average molecular weight is 315 g/mol. The van der Waals surface area contributed by atoms with E-state index >= 15 is 0 Å². The van der Waals surface area contributed by atoms with Gasteiger partial charge in [0, 0.05) is 37.9 Å². The highest BCUT2D eigenvalue weighted by Crippen LogP contribution is 2.22. The van der Waals surface area contributed by atoms with Crippen LogP contribution < -0.4 is 0 Å². The molecule has 0 aliphatic carbocycles. The van der Waals surface area contributed by atoms with Crippen molar-refractivity contribution in [2.75, 3.05) is 32.7 Å². The van der Waals surface area contributed by atoms with E-state index in [4.69, 9.17) is 0 Å². The monoisotopic (exact) mass is 315 g/mol. The molecule has 0 unspecified atom stereocenters. The molecule has 2 saturated heterocycles. The van der Waals surface area contributed by atoms with Crippen molar-refractivity contribution in [2.24, 2.45) is 5.92 Å². The van der Waals surface area contributed by atoms with E-state index in [1.807, 2.05) is 13.1 Å². The first-order chi connectivity index (χ1) is 11.2. The summed E-state index contributed by atoms with van der Waals surface area (Å²) in [5.41, 5.74) is 2.48. The molecule has 1 aromatic rings. The van der Waals surface area contributed by atoms with Crippen LogP contribution in [0, 0.1) is 12.8 Å². The molecule has 126 valence electrons. The topological polar surface area (TPSA) is 36.4 Å². The van der Waals surface area contributed by atoms with E-state index in [2.05, 4.69) is 26.9 Å². The molecule has 2 fully saturated rings. The van der Waals surface area contributed by atoms with Crippen LogP contribution in [0.1, 0.15) is 43.4 Å². The Morgan fingerprint density at radius 1 is 1.22 bits per heavy atom. The van der Waals surface area contributed by atoms with Gasteiger partial charge in [-0.15, -0.1) is 0 Å². The van der Waals surface area contributed by atoms with Gasteiger partial charge < -0.3 is 9.80 Å². The SMILES string of the molecule is Cc1cc(CC2CCN(C(=O)CCN3CCCC3)CC2)ccn1. The summed E-state index contributed by atoms with van der Waals surface area (Å²) in [6, 6.07) is 4.31. The van der Waals surface area contributed by atoms with E-state index in [0.717, 1.165) is 44.6 Å². The first kappa shape index (κ1) is 16.4. The summed E-state index contributed by atoms with van der Waals surface area (Å²) < 4.78 is 0. The number of pyridine rings is 1. The summed E-state index contributed by atoms with van der Waals surface area (Å²) in [5.74, 6) is 1.06. The quantitative estimate of drug-likeness (QED) is 0.838. The van der Waals surface area contributed by atoms with Gasteiger partial charge in [-0.1, -0.05) is 0 Å². The normalized spacial score (nSPS) is 20.1. The summed E-state index contributed by atoms with van der Waals surface area (Å²) in [6.45, 7) is 7.24. The van der Waals surface area contributed by atoms with Crippen molar-refractivity contribution < 1.29 is 4.79 Å². The summed E-state index contributed by atoms with van der Waals surface area (Å²) in [4.78, 5) is 21.1. The Bertz CT molecular complexity index is 517. The number of carbonyl (C=O) groups is 1. The van der Waals surface area contributed by atoms with E-state index in [-0.39, 0.29) is 0 Å². The number of aryl methyl sites for hydroxylation is 1. The van der Waals surface area contributed by atoms with Crippen LogP contribution in [0.25, 0.3) is 0 Å². The minimum atomic E-state index is 0.357. The van der Waals surface area contributed by atoms with Crippen LogP contribution in [-0.2, 0) is 11.2 Å². The molecular formula is C19H29N3O. The summed E-state index contributed by atoms with van der Waals surface area (Å²) in [5, 5.41) is 0. The molecule has 23 heavy (non-hydrogen) atoms. The van der Waals surface area contributed by atoms with Crippen LogP contribution in [0.15, 0.2) is 18.3 Å². The molecule has 0 N–H and O–H groups in total. The lowest BCUT2D eigenvalue weighted by Gasteiger charge is -2.32. The molecule has 0 spiro atoms. The minimum Gasteiger partial charge on any atom is -0.343 e. The van der Waals surface area contributed by atoms with Gasteiger partial charge in [0.05, 0.1) is 0 Å². The Morgan fingerprint density at radius 2 is 1.96 bits per heavy atom. The Hall–Kier alpha value is -1.42. The maximum Gasteiger partial charge on any atom is 0.223 e. The summed E-state index contributed by atoms with van der Waals surface area (Å²) in [6.07, 6.45) is 8.60. The summed E-state index contributed by atoms with van der Waals surface area (Å²) in [7, 11) is 0. The van der Waals surface area contributed by atoms with E-state index in [0.29, 0.717) is 18.2 Å². The number of likely N-dealkylation sites (tertiary alicyclic amines) is 2. The van der Waals surface area contributed by atoms with Crippen LogP contribution >= 0.6 is 0 Å². The molecule has 0 saturated carbocycles. The van der Waals surface area contributed by atoms with Crippen LogP contribution in [0.3, 0.4) is 0 Å². The van der Waals surface area contributed by atoms with Gasteiger partial charge in [-0.2, -0.15) is 0 Å². The molecule has 3 heterocycles. The molecule has 0 aromatic carbocycles. The van der Waals surface area contributed by atoms with Gasteiger partial charge in [0.2, 0.25) is 5.91 Å². The predicted molar refractivity (Wildman–Crippen MR) is 92.3 cm³/mol. The Labute approximate surface area is 139 Å². The fourth-order valence-electron chi connectivity index (χ4n) is 3.87. The highest BCUT2D eigenvalue weighted by atomic mass is 16.2. The number of carbonyl (C=O) groups excluding carboxylic acids is 1. The predicted octanol–water partition coefficient (Wildman–Crippen LogP) is 2.66. The van der Waals surface area contributed by atoms with Gasteiger partial charge in [0.25, 0.3) is 0 Å². The molecule has 2 aliphatic rings. The number of rotatable bonds is 5. The van der Waals surface area contributed by atoms with Crippen molar-refractivity contribution >= 4 is 5.91 Å². The summed E-state index contributed by atoms with van der Waals surface area (Å²) >= 11 is 0. The molecule has 3 rings (SSSR count). The lowest BCUT2D eigenvalue weighted by molar-refractivity contribution is -0.132. The van der Waals surface area contributed by atoms with Crippen molar-refractivity contribution in [3.8, 4) is 0 Å². The Morgan fingerprint density at radius 3 is 2.65 bits per heavy atom. The van der Waals surface area contributed by atoms with Crippen molar-refractivity contribution in [3.05, 3.63) is 29.6 Å². The average Bonchev–Trinajstić information content (AvgIpc) is 3.07. The van der Waals surface area contributed by atoms with Crippen molar-refractivity contribution in [1.29, 1.82) is 0 Å². The van der Waals surface area contributed by atoms with Crippen LogP contribution in [0.4, 0.5) is 0 Å². The highest BCUT2D eigenvalue weighted by Gasteiger charge is 2.23. The minimum absolute atomic E-state index is 0.357. The molecule has 2 aliphatic heterocycles. The zero-order chi connectivity index (χ0) is 16.1. The van der Waals surface area contributed by atoms with E-state index in [1.54, 1.807) is 0 Å². The van der Waals surface area contributed by atoms with E-state index in [9.17, 15) is 4.79 Å². The van der Waals surface area contributed by atoms with E-state index < -0.39 is 0 Å². The van der Waals surface area contributed by atoms with Crippen LogP contribution in [-0.4, -0.2) is 53.4 Å². The number of piperidine rings is 1.